The largest absolute Gasteiger partial charge is 0.482 e. The van der Waals surface area contributed by atoms with Crippen LogP contribution in [0.3, 0.4) is 0 Å². The first kappa shape index (κ1) is 10.5. The number of carbonyl (C=O) groups excluding carboxylic acids is 1. The Morgan fingerprint density at radius 1 is 1.56 bits per heavy atom. The summed E-state index contributed by atoms with van der Waals surface area (Å²) < 4.78 is 5.20. The predicted molar refractivity (Wildman–Crippen MR) is 56.6 cm³/mol. The maximum Gasteiger partial charge on any atom is 0.310 e. The molecular formula is C11H11NO4. The van der Waals surface area contributed by atoms with E-state index in [4.69, 9.17) is 9.84 Å². The number of fused-ring (bicyclic) bond motifs is 1. The van der Waals surface area contributed by atoms with Gasteiger partial charge in [-0.1, -0.05) is 6.07 Å². The summed E-state index contributed by atoms with van der Waals surface area (Å²) in [4.78, 5) is 21.8. The number of rotatable bonds is 2. The van der Waals surface area contributed by atoms with E-state index in [1.54, 1.807) is 25.1 Å². The molecule has 0 spiro atoms. The maximum absolute atomic E-state index is 11.0. The molecule has 0 fully saturated rings. The SMILES string of the molecule is CC(C(=O)O)c1ccc2c(c1)OCC(=O)N2. The highest BCUT2D eigenvalue weighted by Gasteiger charge is 2.19. The highest BCUT2D eigenvalue weighted by Crippen LogP contribution is 2.31. The van der Waals surface area contributed by atoms with Gasteiger partial charge >= 0.3 is 5.97 Å². The lowest BCUT2D eigenvalue weighted by molar-refractivity contribution is -0.138. The highest BCUT2D eigenvalue weighted by atomic mass is 16.5. The van der Waals surface area contributed by atoms with Crippen LogP contribution in [0.5, 0.6) is 5.75 Å². The van der Waals surface area contributed by atoms with Crippen molar-refractivity contribution in [3.8, 4) is 5.75 Å². The second-order valence-electron chi connectivity index (χ2n) is 3.65. The lowest BCUT2D eigenvalue weighted by atomic mass is 10.0. The number of anilines is 1. The Bertz CT molecular complexity index is 455. The number of ether oxygens (including phenoxy) is 1. The third-order valence-electron chi connectivity index (χ3n) is 2.51. The van der Waals surface area contributed by atoms with Crippen molar-refractivity contribution in [3.05, 3.63) is 23.8 Å². The van der Waals surface area contributed by atoms with E-state index in [1.807, 2.05) is 0 Å². The average Bonchev–Trinajstić information content (AvgIpc) is 2.27. The minimum atomic E-state index is -0.889. The van der Waals surface area contributed by atoms with Crippen LogP contribution in [0.1, 0.15) is 18.4 Å². The van der Waals surface area contributed by atoms with Gasteiger partial charge in [-0.2, -0.15) is 0 Å². The lowest BCUT2D eigenvalue weighted by Gasteiger charge is -2.19. The Kier molecular flexibility index (Phi) is 2.52. The fraction of sp³-hybridized carbons (Fsp3) is 0.273. The molecule has 0 saturated carbocycles. The minimum Gasteiger partial charge on any atom is -0.482 e. The fourth-order valence-electron chi connectivity index (χ4n) is 1.50. The van der Waals surface area contributed by atoms with Crippen molar-refractivity contribution < 1.29 is 19.4 Å². The Balaban J connectivity index is 2.33. The smallest absolute Gasteiger partial charge is 0.310 e. The molecule has 1 unspecified atom stereocenters. The van der Waals surface area contributed by atoms with E-state index in [2.05, 4.69) is 5.32 Å². The van der Waals surface area contributed by atoms with E-state index in [-0.39, 0.29) is 12.5 Å². The van der Waals surface area contributed by atoms with Crippen LogP contribution in [-0.4, -0.2) is 23.6 Å². The van der Waals surface area contributed by atoms with Gasteiger partial charge in [-0.25, -0.2) is 0 Å². The molecule has 5 heteroatoms. The highest BCUT2D eigenvalue weighted by molar-refractivity contribution is 5.95. The topological polar surface area (TPSA) is 75.6 Å². The first-order chi connectivity index (χ1) is 7.58. The summed E-state index contributed by atoms with van der Waals surface area (Å²) in [6.07, 6.45) is 0. The zero-order valence-electron chi connectivity index (χ0n) is 8.69. The Morgan fingerprint density at radius 3 is 3.00 bits per heavy atom. The molecule has 0 bridgehead atoms. The van der Waals surface area contributed by atoms with Crippen molar-refractivity contribution in [1.29, 1.82) is 0 Å². The third-order valence-corrected chi connectivity index (χ3v) is 2.51. The Morgan fingerprint density at radius 2 is 2.31 bits per heavy atom. The van der Waals surface area contributed by atoms with E-state index in [0.717, 1.165) is 0 Å². The summed E-state index contributed by atoms with van der Waals surface area (Å²) in [7, 11) is 0. The van der Waals surface area contributed by atoms with Gasteiger partial charge in [-0.05, 0) is 24.6 Å². The number of hydrogen-bond acceptors (Lipinski definition) is 3. The second-order valence-corrected chi connectivity index (χ2v) is 3.65. The van der Waals surface area contributed by atoms with E-state index < -0.39 is 11.9 Å². The van der Waals surface area contributed by atoms with Crippen LogP contribution < -0.4 is 10.1 Å². The first-order valence-corrected chi connectivity index (χ1v) is 4.87. The van der Waals surface area contributed by atoms with Crippen LogP contribution >= 0.6 is 0 Å². The van der Waals surface area contributed by atoms with Crippen LogP contribution in [0.2, 0.25) is 0 Å². The number of benzene rings is 1. The zero-order chi connectivity index (χ0) is 11.7. The summed E-state index contributed by atoms with van der Waals surface area (Å²) in [5.41, 5.74) is 1.24. The van der Waals surface area contributed by atoms with Gasteiger partial charge in [0.1, 0.15) is 5.75 Å². The number of carboxylic acids is 1. The Labute approximate surface area is 92.0 Å². The molecule has 16 heavy (non-hydrogen) atoms. The van der Waals surface area contributed by atoms with Crippen molar-refractivity contribution in [3.63, 3.8) is 0 Å². The molecule has 5 nitrogen and oxygen atoms in total. The van der Waals surface area contributed by atoms with Gasteiger partial charge in [0.15, 0.2) is 6.61 Å². The van der Waals surface area contributed by atoms with E-state index >= 15 is 0 Å². The Hall–Kier alpha value is -2.04. The quantitative estimate of drug-likeness (QED) is 0.786. The number of amides is 1. The van der Waals surface area contributed by atoms with E-state index in [0.29, 0.717) is 17.0 Å². The van der Waals surface area contributed by atoms with Gasteiger partial charge in [-0.3, -0.25) is 9.59 Å². The van der Waals surface area contributed by atoms with Gasteiger partial charge in [0.25, 0.3) is 5.91 Å². The molecule has 2 N–H and O–H groups in total. The van der Waals surface area contributed by atoms with Gasteiger partial charge in [0.2, 0.25) is 0 Å². The van der Waals surface area contributed by atoms with Gasteiger partial charge in [-0.15, -0.1) is 0 Å². The van der Waals surface area contributed by atoms with Crippen LogP contribution in [0, 0.1) is 0 Å². The molecule has 1 heterocycles. The molecule has 84 valence electrons. The van der Waals surface area contributed by atoms with Crippen LogP contribution in [0.4, 0.5) is 5.69 Å². The molecule has 0 aliphatic carbocycles. The van der Waals surface area contributed by atoms with Crippen LogP contribution in [-0.2, 0) is 9.59 Å². The molecular weight excluding hydrogens is 210 g/mol. The number of nitrogens with one attached hydrogen (secondary N) is 1. The molecule has 1 aromatic carbocycles. The van der Waals surface area contributed by atoms with E-state index in [9.17, 15) is 9.59 Å². The number of aliphatic carboxylic acids is 1. The van der Waals surface area contributed by atoms with Crippen molar-refractivity contribution in [2.24, 2.45) is 0 Å². The molecule has 0 aromatic heterocycles. The third kappa shape index (κ3) is 1.84. The van der Waals surface area contributed by atoms with Crippen LogP contribution in [0.25, 0.3) is 0 Å². The normalized spacial score (nSPS) is 15.7. The predicted octanol–water partition coefficient (Wildman–Crippen LogP) is 1.21. The number of hydrogen-bond donors (Lipinski definition) is 2. The molecule has 0 radical (unpaired) electrons. The summed E-state index contributed by atoms with van der Waals surface area (Å²) in [6, 6.07) is 4.97. The summed E-state index contributed by atoms with van der Waals surface area (Å²) >= 11 is 0. The first-order valence-electron chi connectivity index (χ1n) is 4.87. The van der Waals surface area contributed by atoms with Crippen molar-refractivity contribution >= 4 is 17.6 Å². The van der Waals surface area contributed by atoms with Gasteiger partial charge in [0.05, 0.1) is 11.6 Å². The number of carboxylic acid groups (broad SMARTS) is 1. The fourth-order valence-corrected chi connectivity index (χ4v) is 1.50. The van der Waals surface area contributed by atoms with Gasteiger partial charge in [0, 0.05) is 0 Å². The summed E-state index contributed by atoms with van der Waals surface area (Å²) in [5, 5.41) is 11.5. The van der Waals surface area contributed by atoms with Crippen molar-refractivity contribution in [2.45, 2.75) is 12.8 Å². The lowest BCUT2D eigenvalue weighted by Crippen LogP contribution is -2.25. The average molecular weight is 221 g/mol. The molecule has 1 aromatic rings. The van der Waals surface area contributed by atoms with Gasteiger partial charge < -0.3 is 15.2 Å². The maximum atomic E-state index is 11.0. The summed E-state index contributed by atoms with van der Waals surface area (Å²) in [5.74, 6) is -1.16. The molecule has 2 rings (SSSR count). The molecule has 1 amide bonds. The standard InChI is InChI=1S/C11H11NO4/c1-6(11(14)15)7-2-3-8-9(4-7)16-5-10(13)12-8/h2-4,6H,5H2,1H3,(H,12,13)(H,14,15). The van der Waals surface area contributed by atoms with Crippen molar-refractivity contribution in [1.82, 2.24) is 0 Å². The van der Waals surface area contributed by atoms with Crippen LogP contribution in [0.15, 0.2) is 18.2 Å². The molecule has 0 saturated heterocycles. The minimum absolute atomic E-state index is 0.0299. The zero-order valence-corrected chi connectivity index (χ0v) is 8.69. The van der Waals surface area contributed by atoms with E-state index in [1.165, 1.54) is 0 Å². The second kappa shape index (κ2) is 3.84. The number of carbonyl (C=O) groups is 2. The molecule has 1 aliphatic heterocycles. The molecule has 1 atom stereocenters. The van der Waals surface area contributed by atoms with Crippen molar-refractivity contribution in [2.75, 3.05) is 11.9 Å². The monoisotopic (exact) mass is 221 g/mol. The summed E-state index contributed by atoms with van der Waals surface area (Å²) in [6.45, 7) is 1.57. The molecule has 1 aliphatic rings.